The van der Waals surface area contributed by atoms with Crippen LogP contribution in [0.1, 0.15) is 15.2 Å². The van der Waals surface area contributed by atoms with Crippen LogP contribution in [0.5, 0.6) is 5.75 Å². The monoisotopic (exact) mass is 252 g/mol. The normalized spacial score (nSPS) is 10.1. The Morgan fingerprint density at radius 3 is 2.88 bits per heavy atom. The highest BCUT2D eigenvalue weighted by Crippen LogP contribution is 2.26. The van der Waals surface area contributed by atoms with Gasteiger partial charge in [0, 0.05) is 0 Å². The molecule has 0 unspecified atom stereocenters. The van der Waals surface area contributed by atoms with Gasteiger partial charge in [-0.2, -0.15) is 0 Å². The van der Waals surface area contributed by atoms with Gasteiger partial charge in [0.25, 0.3) is 0 Å². The van der Waals surface area contributed by atoms with Gasteiger partial charge in [-0.3, -0.25) is 0 Å². The molecule has 1 heterocycles. The first-order valence-electron chi connectivity index (χ1n) is 4.68. The molecular formula is C12H9ClO2S. The maximum atomic E-state index is 11.7. The van der Waals surface area contributed by atoms with Crippen LogP contribution in [0.4, 0.5) is 0 Å². The van der Waals surface area contributed by atoms with Gasteiger partial charge in [-0.25, -0.2) is 4.79 Å². The lowest BCUT2D eigenvalue weighted by atomic mass is 10.2. The quantitative estimate of drug-likeness (QED) is 0.598. The molecule has 0 aliphatic rings. The van der Waals surface area contributed by atoms with Crippen molar-refractivity contribution in [3.05, 3.63) is 51.2 Å². The van der Waals surface area contributed by atoms with Gasteiger partial charge in [0.05, 0.1) is 5.02 Å². The maximum absolute atomic E-state index is 11.7. The second kappa shape index (κ2) is 4.68. The number of hydrogen-bond acceptors (Lipinski definition) is 3. The van der Waals surface area contributed by atoms with E-state index in [4.69, 9.17) is 16.3 Å². The van der Waals surface area contributed by atoms with Crippen LogP contribution < -0.4 is 4.74 Å². The largest absolute Gasteiger partial charge is 0.421 e. The molecule has 2 rings (SSSR count). The molecule has 1 aromatic heterocycles. The van der Waals surface area contributed by atoms with Gasteiger partial charge in [0.2, 0.25) is 0 Å². The molecule has 0 N–H and O–H groups in total. The van der Waals surface area contributed by atoms with Crippen LogP contribution in [-0.2, 0) is 0 Å². The van der Waals surface area contributed by atoms with Crippen LogP contribution >= 0.6 is 22.9 Å². The van der Waals surface area contributed by atoms with Crippen LogP contribution in [-0.4, -0.2) is 5.97 Å². The van der Waals surface area contributed by atoms with Crippen LogP contribution in [0, 0.1) is 6.92 Å². The standard InChI is InChI=1S/C12H9ClO2S/c1-8-4-5-9(13)10(7-8)15-12(14)11-3-2-6-16-11/h2-7H,1H3. The minimum Gasteiger partial charge on any atom is -0.421 e. The Labute approximate surface area is 102 Å². The van der Waals surface area contributed by atoms with Gasteiger partial charge < -0.3 is 4.74 Å². The molecule has 2 nitrogen and oxygen atoms in total. The number of hydrogen-bond donors (Lipinski definition) is 0. The molecule has 1 aromatic carbocycles. The first-order valence-corrected chi connectivity index (χ1v) is 5.94. The van der Waals surface area contributed by atoms with Crippen LogP contribution in [0.25, 0.3) is 0 Å². The van der Waals surface area contributed by atoms with Crippen molar-refractivity contribution in [2.75, 3.05) is 0 Å². The van der Waals surface area contributed by atoms with Crippen molar-refractivity contribution in [3.63, 3.8) is 0 Å². The van der Waals surface area contributed by atoms with Crippen LogP contribution in [0.2, 0.25) is 5.02 Å². The Kier molecular flexibility index (Phi) is 3.27. The number of rotatable bonds is 2. The van der Waals surface area contributed by atoms with Crippen molar-refractivity contribution in [1.82, 2.24) is 0 Å². The molecular weight excluding hydrogens is 244 g/mol. The number of carbonyl (C=O) groups excluding carboxylic acids is 1. The molecule has 0 bridgehead atoms. The Balaban J connectivity index is 2.21. The fourth-order valence-electron chi connectivity index (χ4n) is 1.23. The Morgan fingerprint density at radius 2 is 2.19 bits per heavy atom. The van der Waals surface area contributed by atoms with E-state index in [1.165, 1.54) is 11.3 Å². The first-order chi connectivity index (χ1) is 7.66. The van der Waals surface area contributed by atoms with Crippen molar-refractivity contribution in [1.29, 1.82) is 0 Å². The molecule has 4 heteroatoms. The summed E-state index contributed by atoms with van der Waals surface area (Å²) in [6.07, 6.45) is 0. The molecule has 0 saturated carbocycles. The topological polar surface area (TPSA) is 26.3 Å². The van der Waals surface area contributed by atoms with E-state index in [-0.39, 0.29) is 5.97 Å². The SMILES string of the molecule is Cc1ccc(Cl)c(OC(=O)c2cccs2)c1. The molecule has 0 atom stereocenters. The molecule has 0 fully saturated rings. The summed E-state index contributed by atoms with van der Waals surface area (Å²) < 4.78 is 5.21. The number of esters is 1. The highest BCUT2D eigenvalue weighted by Gasteiger charge is 2.11. The number of thiophene rings is 1. The van der Waals surface area contributed by atoms with Gasteiger partial charge in [-0.05, 0) is 36.1 Å². The maximum Gasteiger partial charge on any atom is 0.353 e. The Morgan fingerprint density at radius 1 is 1.38 bits per heavy atom. The first kappa shape index (κ1) is 11.2. The lowest BCUT2D eigenvalue weighted by molar-refractivity contribution is 0.0740. The molecule has 0 spiro atoms. The van der Waals surface area contributed by atoms with E-state index in [2.05, 4.69) is 0 Å². The van der Waals surface area contributed by atoms with Gasteiger partial charge in [0.1, 0.15) is 10.6 Å². The summed E-state index contributed by atoms with van der Waals surface area (Å²) in [5, 5.41) is 2.27. The van der Waals surface area contributed by atoms with Crippen molar-refractivity contribution in [2.45, 2.75) is 6.92 Å². The predicted octanol–water partition coefficient (Wildman–Crippen LogP) is 3.93. The van der Waals surface area contributed by atoms with E-state index in [9.17, 15) is 4.79 Å². The minimum absolute atomic E-state index is 0.373. The molecule has 16 heavy (non-hydrogen) atoms. The van der Waals surface area contributed by atoms with Crippen molar-refractivity contribution < 1.29 is 9.53 Å². The zero-order chi connectivity index (χ0) is 11.5. The highest BCUT2D eigenvalue weighted by molar-refractivity contribution is 7.12. The van der Waals surface area contributed by atoms with E-state index in [1.54, 1.807) is 24.3 Å². The summed E-state index contributed by atoms with van der Waals surface area (Å²) in [5.41, 5.74) is 0.998. The molecule has 0 radical (unpaired) electrons. The summed E-state index contributed by atoms with van der Waals surface area (Å²) in [6.45, 7) is 1.92. The lowest BCUT2D eigenvalue weighted by Crippen LogP contribution is -2.06. The number of aryl methyl sites for hydroxylation is 1. The average molecular weight is 253 g/mol. The van der Waals surface area contributed by atoms with E-state index in [1.807, 2.05) is 18.4 Å². The molecule has 82 valence electrons. The summed E-state index contributed by atoms with van der Waals surface area (Å²) in [6, 6.07) is 8.85. The summed E-state index contributed by atoms with van der Waals surface area (Å²) in [5.74, 6) is 0.0302. The zero-order valence-corrected chi connectivity index (χ0v) is 10.1. The van der Waals surface area contributed by atoms with Gasteiger partial charge in [-0.15, -0.1) is 11.3 Å². The minimum atomic E-state index is -0.373. The highest BCUT2D eigenvalue weighted by atomic mass is 35.5. The summed E-state index contributed by atoms with van der Waals surface area (Å²) in [7, 11) is 0. The third-order valence-electron chi connectivity index (χ3n) is 2.01. The number of halogens is 1. The Hall–Kier alpha value is -1.32. The van der Waals surface area contributed by atoms with Gasteiger partial charge in [0.15, 0.2) is 0 Å². The van der Waals surface area contributed by atoms with E-state index in [0.717, 1.165) is 5.56 Å². The third-order valence-corrected chi connectivity index (χ3v) is 3.17. The molecule has 2 aromatic rings. The van der Waals surface area contributed by atoms with Crippen molar-refractivity contribution >= 4 is 28.9 Å². The average Bonchev–Trinajstić information content (AvgIpc) is 2.76. The molecule has 0 aliphatic heterocycles. The second-order valence-corrected chi connectivity index (χ2v) is 4.66. The fourth-order valence-corrected chi connectivity index (χ4v) is 1.99. The smallest absolute Gasteiger partial charge is 0.353 e. The molecule has 0 aliphatic carbocycles. The van der Waals surface area contributed by atoms with Crippen molar-refractivity contribution in [3.8, 4) is 5.75 Å². The lowest BCUT2D eigenvalue weighted by Gasteiger charge is -2.05. The predicted molar refractivity (Wildman–Crippen MR) is 65.5 cm³/mol. The van der Waals surface area contributed by atoms with Crippen molar-refractivity contribution in [2.24, 2.45) is 0 Å². The van der Waals surface area contributed by atoms with Gasteiger partial charge in [-0.1, -0.05) is 23.7 Å². The van der Waals surface area contributed by atoms with E-state index < -0.39 is 0 Å². The fraction of sp³-hybridized carbons (Fsp3) is 0.0833. The van der Waals surface area contributed by atoms with E-state index >= 15 is 0 Å². The zero-order valence-electron chi connectivity index (χ0n) is 8.57. The van der Waals surface area contributed by atoms with Crippen LogP contribution in [0.3, 0.4) is 0 Å². The van der Waals surface area contributed by atoms with Crippen LogP contribution in [0.15, 0.2) is 35.7 Å². The summed E-state index contributed by atoms with van der Waals surface area (Å²) in [4.78, 5) is 12.2. The number of carbonyl (C=O) groups is 1. The number of ether oxygens (including phenoxy) is 1. The number of benzene rings is 1. The molecule has 0 saturated heterocycles. The second-order valence-electron chi connectivity index (χ2n) is 3.30. The third kappa shape index (κ3) is 2.43. The Bertz CT molecular complexity index is 506. The molecule has 0 amide bonds. The van der Waals surface area contributed by atoms with Gasteiger partial charge >= 0.3 is 5.97 Å². The summed E-state index contributed by atoms with van der Waals surface area (Å²) >= 11 is 7.27. The van der Waals surface area contributed by atoms with E-state index in [0.29, 0.717) is 15.6 Å².